The number of carbonyl (C=O) groups is 1. The van der Waals surface area contributed by atoms with Gasteiger partial charge in [-0.05, 0) is 36.2 Å². The summed E-state index contributed by atoms with van der Waals surface area (Å²) in [6.07, 6.45) is 10.8. The maximum absolute atomic E-state index is 10.6. The van der Waals surface area contributed by atoms with E-state index in [2.05, 4.69) is 15.4 Å². The number of hydroxylamine groups is 1. The van der Waals surface area contributed by atoms with Crippen molar-refractivity contribution in [1.82, 2.24) is 15.4 Å². The van der Waals surface area contributed by atoms with Crippen molar-refractivity contribution < 1.29 is 19.5 Å². The van der Waals surface area contributed by atoms with Crippen LogP contribution in [-0.2, 0) is 16.1 Å². The van der Waals surface area contributed by atoms with Gasteiger partial charge in [0.1, 0.15) is 11.9 Å². The van der Waals surface area contributed by atoms with E-state index in [1.54, 1.807) is 37.1 Å². The second-order valence-corrected chi connectivity index (χ2v) is 6.12. The maximum atomic E-state index is 10.6. The first-order valence-electron chi connectivity index (χ1n) is 9.02. The number of hydrogen-bond acceptors (Lipinski definition) is 6. The van der Waals surface area contributed by atoms with E-state index in [0.29, 0.717) is 12.2 Å². The van der Waals surface area contributed by atoms with Crippen molar-refractivity contribution in [1.29, 1.82) is 0 Å². The molecule has 3 aromatic rings. The normalized spacial score (nSPS) is 10.9. The molecule has 0 amide bonds. The van der Waals surface area contributed by atoms with Gasteiger partial charge in [0.2, 0.25) is 0 Å². The minimum Gasteiger partial charge on any atom is -0.482 e. The summed E-state index contributed by atoms with van der Waals surface area (Å²) in [4.78, 5) is 24.7. The number of ether oxygens (including phenoxy) is 1. The lowest BCUT2D eigenvalue weighted by Gasteiger charge is -2.17. The molecule has 148 valence electrons. The van der Waals surface area contributed by atoms with Gasteiger partial charge < -0.3 is 9.84 Å². The zero-order valence-electron chi connectivity index (χ0n) is 15.6. The molecule has 0 atom stereocenters. The number of nitrogens with one attached hydrogen (secondary N) is 1. The Kier molecular flexibility index (Phi) is 7.31. The maximum Gasteiger partial charge on any atom is 0.341 e. The number of hydrogen-bond donors (Lipinski definition) is 2. The van der Waals surface area contributed by atoms with Gasteiger partial charge in [-0.3, -0.25) is 20.3 Å². The summed E-state index contributed by atoms with van der Waals surface area (Å²) in [5, 5.41) is 8.69. The Hall–Kier alpha value is -3.71. The van der Waals surface area contributed by atoms with Crippen LogP contribution in [0.5, 0.6) is 5.75 Å². The number of allylic oxidation sites excluding steroid dienone is 1. The summed E-state index contributed by atoms with van der Waals surface area (Å²) in [7, 11) is 0. The molecule has 2 heterocycles. The number of benzene rings is 1. The molecule has 1 aromatic carbocycles. The van der Waals surface area contributed by atoms with Crippen molar-refractivity contribution in [3.8, 4) is 5.75 Å². The lowest BCUT2D eigenvalue weighted by Crippen LogP contribution is -2.15. The largest absolute Gasteiger partial charge is 0.482 e. The molecule has 0 spiro atoms. The summed E-state index contributed by atoms with van der Waals surface area (Å²) in [5.41, 5.74) is 5.66. The molecule has 0 fully saturated rings. The Morgan fingerprint density at radius 3 is 2.41 bits per heavy atom. The molecule has 0 bridgehead atoms. The summed E-state index contributed by atoms with van der Waals surface area (Å²) in [6.45, 7) is -0.362. The third-order valence-electron chi connectivity index (χ3n) is 3.96. The Bertz CT molecular complexity index is 894. The summed E-state index contributed by atoms with van der Waals surface area (Å²) in [6, 6.07) is 14.9. The van der Waals surface area contributed by atoms with E-state index in [9.17, 15) is 4.79 Å². The quantitative estimate of drug-likeness (QED) is 0.512. The van der Waals surface area contributed by atoms with Crippen LogP contribution >= 0.6 is 0 Å². The summed E-state index contributed by atoms with van der Waals surface area (Å²) in [5.74, 6) is -0.482. The SMILES string of the molecule is O=C(O)COc1cccc(CC=CNOC(c2cccnc2)c2cccnc2)c1. The predicted molar refractivity (Wildman–Crippen MR) is 107 cm³/mol. The molecule has 2 N–H and O–H groups in total. The molecular formula is C22H21N3O4. The Balaban J connectivity index is 1.57. The van der Waals surface area contributed by atoms with Gasteiger partial charge in [0.25, 0.3) is 0 Å². The number of nitrogens with zero attached hydrogens (tertiary/aromatic N) is 2. The van der Waals surface area contributed by atoms with Crippen LogP contribution < -0.4 is 10.2 Å². The lowest BCUT2D eigenvalue weighted by molar-refractivity contribution is -0.139. The van der Waals surface area contributed by atoms with Gasteiger partial charge in [-0.2, -0.15) is 0 Å². The molecule has 0 aliphatic rings. The first-order valence-corrected chi connectivity index (χ1v) is 9.02. The van der Waals surface area contributed by atoms with Crippen molar-refractivity contribution >= 4 is 5.97 Å². The Morgan fingerprint density at radius 1 is 1.07 bits per heavy atom. The topological polar surface area (TPSA) is 93.6 Å². The van der Waals surface area contributed by atoms with E-state index >= 15 is 0 Å². The molecule has 0 aliphatic heterocycles. The van der Waals surface area contributed by atoms with Crippen LogP contribution in [0.3, 0.4) is 0 Å². The van der Waals surface area contributed by atoms with Crippen molar-refractivity contribution in [3.05, 3.63) is 102 Å². The smallest absolute Gasteiger partial charge is 0.341 e. The van der Waals surface area contributed by atoms with Crippen LogP contribution in [0, 0.1) is 0 Å². The molecule has 7 heteroatoms. The molecule has 29 heavy (non-hydrogen) atoms. The van der Waals surface area contributed by atoms with Gasteiger partial charge in [-0.1, -0.05) is 30.3 Å². The van der Waals surface area contributed by atoms with Crippen LogP contribution in [0.2, 0.25) is 0 Å². The fourth-order valence-corrected chi connectivity index (χ4v) is 2.65. The fourth-order valence-electron chi connectivity index (χ4n) is 2.65. The van der Waals surface area contributed by atoms with Gasteiger partial charge in [0.05, 0.1) is 0 Å². The lowest BCUT2D eigenvalue weighted by atomic mass is 10.1. The molecular weight excluding hydrogens is 370 g/mol. The minimum absolute atomic E-state index is 0.352. The minimum atomic E-state index is -1.01. The van der Waals surface area contributed by atoms with Crippen molar-refractivity contribution in [2.45, 2.75) is 12.5 Å². The zero-order valence-corrected chi connectivity index (χ0v) is 15.6. The predicted octanol–water partition coefficient (Wildman–Crippen LogP) is 3.31. The number of aliphatic carboxylic acids is 1. The number of carboxylic acids is 1. The summed E-state index contributed by atoms with van der Waals surface area (Å²) >= 11 is 0. The average molecular weight is 391 g/mol. The van der Waals surface area contributed by atoms with Crippen LogP contribution in [0.15, 0.2) is 85.6 Å². The van der Waals surface area contributed by atoms with Crippen LogP contribution in [0.25, 0.3) is 0 Å². The van der Waals surface area contributed by atoms with E-state index < -0.39 is 5.97 Å². The molecule has 0 saturated carbocycles. The van der Waals surface area contributed by atoms with Gasteiger partial charge in [0.15, 0.2) is 6.61 Å². The fraction of sp³-hybridized carbons (Fsp3) is 0.136. The van der Waals surface area contributed by atoms with Crippen molar-refractivity contribution in [3.63, 3.8) is 0 Å². The third kappa shape index (κ3) is 6.44. The molecule has 0 radical (unpaired) electrons. The average Bonchev–Trinajstić information content (AvgIpc) is 2.76. The first-order chi connectivity index (χ1) is 14.2. The number of aromatic nitrogens is 2. The Labute approximate surface area is 168 Å². The first kappa shape index (κ1) is 20.0. The molecule has 0 unspecified atom stereocenters. The second kappa shape index (κ2) is 10.6. The van der Waals surface area contributed by atoms with Crippen molar-refractivity contribution in [2.75, 3.05) is 6.61 Å². The number of carboxylic acid groups (broad SMARTS) is 1. The molecule has 0 aliphatic carbocycles. The van der Waals surface area contributed by atoms with E-state index in [1.807, 2.05) is 48.5 Å². The highest BCUT2D eigenvalue weighted by Gasteiger charge is 2.15. The monoisotopic (exact) mass is 391 g/mol. The third-order valence-corrected chi connectivity index (χ3v) is 3.96. The van der Waals surface area contributed by atoms with Crippen LogP contribution in [0.4, 0.5) is 0 Å². The van der Waals surface area contributed by atoms with Gasteiger partial charge in [-0.25, -0.2) is 4.79 Å². The Morgan fingerprint density at radius 2 is 1.79 bits per heavy atom. The zero-order chi connectivity index (χ0) is 20.3. The van der Waals surface area contributed by atoms with E-state index in [1.165, 1.54) is 0 Å². The number of pyridine rings is 2. The van der Waals surface area contributed by atoms with Gasteiger partial charge >= 0.3 is 5.97 Å². The molecule has 3 rings (SSSR count). The standard InChI is InChI=1S/C22H21N3O4/c26-21(27)16-28-20-9-1-5-17(13-20)6-2-12-25-29-22(18-7-3-10-23-14-18)19-8-4-11-24-15-19/h1-5,7-15,22,25H,6,16H2,(H,26,27). The number of rotatable bonds is 10. The van der Waals surface area contributed by atoms with Crippen molar-refractivity contribution in [2.24, 2.45) is 0 Å². The van der Waals surface area contributed by atoms with Gasteiger partial charge in [0, 0.05) is 42.1 Å². The van der Waals surface area contributed by atoms with E-state index in [0.717, 1.165) is 16.7 Å². The summed E-state index contributed by atoms with van der Waals surface area (Å²) < 4.78 is 5.19. The molecule has 0 saturated heterocycles. The molecule has 7 nitrogen and oxygen atoms in total. The van der Waals surface area contributed by atoms with E-state index in [4.69, 9.17) is 14.7 Å². The highest BCUT2D eigenvalue weighted by atomic mass is 16.7. The van der Waals surface area contributed by atoms with E-state index in [-0.39, 0.29) is 12.7 Å². The van der Waals surface area contributed by atoms with Crippen LogP contribution in [0.1, 0.15) is 22.8 Å². The highest BCUT2D eigenvalue weighted by Crippen LogP contribution is 2.23. The second-order valence-electron chi connectivity index (χ2n) is 6.12. The molecule has 2 aromatic heterocycles. The highest BCUT2D eigenvalue weighted by molar-refractivity contribution is 5.68. The van der Waals surface area contributed by atoms with Gasteiger partial charge in [-0.15, -0.1) is 0 Å². The van der Waals surface area contributed by atoms with Crippen LogP contribution in [-0.4, -0.2) is 27.7 Å².